The standard InChI is InChI=1S/C13H12N2S2/c14-11(5-9-1-3-16-8-9)10-6-13-12(15-7-10)2-4-17-13/h1-4,6-8,11H,5,14H2. The molecule has 0 aromatic carbocycles. The number of fused-ring (bicyclic) bond motifs is 1. The minimum Gasteiger partial charge on any atom is -0.324 e. The minimum absolute atomic E-state index is 0.0311. The van der Waals surface area contributed by atoms with Crippen molar-refractivity contribution >= 4 is 32.9 Å². The molecular formula is C13H12N2S2. The van der Waals surface area contributed by atoms with E-state index in [0.717, 1.165) is 17.5 Å². The molecule has 0 spiro atoms. The van der Waals surface area contributed by atoms with Gasteiger partial charge in [-0.25, -0.2) is 0 Å². The van der Waals surface area contributed by atoms with E-state index in [1.807, 2.05) is 12.3 Å². The number of pyridine rings is 1. The van der Waals surface area contributed by atoms with E-state index in [2.05, 4.69) is 33.3 Å². The fraction of sp³-hybridized carbons (Fsp3) is 0.154. The lowest BCUT2D eigenvalue weighted by Gasteiger charge is -2.10. The number of rotatable bonds is 3. The van der Waals surface area contributed by atoms with Crippen LogP contribution in [0.2, 0.25) is 0 Å². The van der Waals surface area contributed by atoms with E-state index in [1.165, 1.54) is 10.3 Å². The van der Waals surface area contributed by atoms with E-state index in [4.69, 9.17) is 5.73 Å². The first-order valence-corrected chi connectivity index (χ1v) is 7.25. The van der Waals surface area contributed by atoms with Crippen LogP contribution < -0.4 is 5.73 Å². The molecule has 0 aliphatic heterocycles. The Balaban J connectivity index is 1.87. The zero-order chi connectivity index (χ0) is 11.7. The van der Waals surface area contributed by atoms with Crippen molar-refractivity contribution in [3.63, 3.8) is 0 Å². The number of aromatic nitrogens is 1. The Morgan fingerprint density at radius 3 is 3.06 bits per heavy atom. The normalized spacial score (nSPS) is 13.0. The van der Waals surface area contributed by atoms with Crippen LogP contribution in [0.3, 0.4) is 0 Å². The molecule has 2 N–H and O–H groups in total. The van der Waals surface area contributed by atoms with Crippen LogP contribution in [0.5, 0.6) is 0 Å². The van der Waals surface area contributed by atoms with E-state index >= 15 is 0 Å². The van der Waals surface area contributed by atoms with Crippen molar-refractivity contribution in [3.05, 3.63) is 51.7 Å². The molecular weight excluding hydrogens is 248 g/mol. The van der Waals surface area contributed by atoms with E-state index in [1.54, 1.807) is 22.7 Å². The second-order valence-corrected chi connectivity index (χ2v) is 5.74. The zero-order valence-electron chi connectivity index (χ0n) is 9.17. The molecule has 0 bridgehead atoms. The van der Waals surface area contributed by atoms with Gasteiger partial charge < -0.3 is 5.73 Å². The molecule has 1 unspecified atom stereocenters. The van der Waals surface area contributed by atoms with Gasteiger partial charge in [0.1, 0.15) is 0 Å². The quantitative estimate of drug-likeness (QED) is 0.781. The van der Waals surface area contributed by atoms with Crippen molar-refractivity contribution in [2.75, 3.05) is 0 Å². The van der Waals surface area contributed by atoms with E-state index < -0.39 is 0 Å². The predicted octanol–water partition coefficient (Wildman–Crippen LogP) is 3.60. The number of thiophene rings is 2. The SMILES string of the molecule is NC(Cc1ccsc1)c1cnc2ccsc2c1. The number of nitrogens with two attached hydrogens (primary N) is 1. The average molecular weight is 260 g/mol. The molecule has 17 heavy (non-hydrogen) atoms. The Morgan fingerprint density at radius 1 is 1.29 bits per heavy atom. The van der Waals surface area contributed by atoms with Crippen LogP contribution in [0, 0.1) is 0 Å². The summed E-state index contributed by atoms with van der Waals surface area (Å²) in [4.78, 5) is 4.42. The first-order valence-electron chi connectivity index (χ1n) is 5.43. The molecule has 86 valence electrons. The molecule has 4 heteroatoms. The molecule has 0 aliphatic carbocycles. The summed E-state index contributed by atoms with van der Waals surface area (Å²) in [6.07, 6.45) is 2.77. The third kappa shape index (κ3) is 2.24. The van der Waals surface area contributed by atoms with Gasteiger partial charge in [0.2, 0.25) is 0 Å². The van der Waals surface area contributed by atoms with Gasteiger partial charge in [0.15, 0.2) is 0 Å². The lowest BCUT2D eigenvalue weighted by Crippen LogP contribution is -2.13. The van der Waals surface area contributed by atoms with Gasteiger partial charge in [-0.3, -0.25) is 4.98 Å². The Labute approximate surface area is 108 Å². The van der Waals surface area contributed by atoms with Crippen LogP contribution in [0.25, 0.3) is 10.2 Å². The van der Waals surface area contributed by atoms with Crippen LogP contribution in [-0.4, -0.2) is 4.98 Å². The van der Waals surface area contributed by atoms with Crippen LogP contribution in [0.15, 0.2) is 40.5 Å². The van der Waals surface area contributed by atoms with Gasteiger partial charge in [-0.15, -0.1) is 11.3 Å². The molecule has 0 radical (unpaired) electrons. The van der Waals surface area contributed by atoms with Crippen molar-refractivity contribution in [3.8, 4) is 0 Å². The Bertz CT molecular complexity index is 613. The Hall–Kier alpha value is -1.23. The molecule has 0 fully saturated rings. The molecule has 0 saturated carbocycles. The molecule has 0 saturated heterocycles. The number of nitrogens with zero attached hydrogens (tertiary/aromatic N) is 1. The molecule has 3 rings (SSSR count). The third-order valence-electron chi connectivity index (χ3n) is 2.79. The van der Waals surface area contributed by atoms with Crippen LogP contribution in [0.4, 0.5) is 0 Å². The zero-order valence-corrected chi connectivity index (χ0v) is 10.8. The molecule has 0 aliphatic rings. The first kappa shape index (κ1) is 10.9. The summed E-state index contributed by atoms with van der Waals surface area (Å²) in [5, 5.41) is 6.30. The third-order valence-corrected chi connectivity index (χ3v) is 4.37. The van der Waals surface area contributed by atoms with Crippen molar-refractivity contribution in [2.45, 2.75) is 12.5 Å². The van der Waals surface area contributed by atoms with Crippen LogP contribution >= 0.6 is 22.7 Å². The van der Waals surface area contributed by atoms with Gasteiger partial charge in [-0.1, -0.05) is 0 Å². The lowest BCUT2D eigenvalue weighted by atomic mass is 10.0. The average Bonchev–Trinajstić information content (AvgIpc) is 2.97. The van der Waals surface area contributed by atoms with Gasteiger partial charge in [-0.05, 0) is 51.9 Å². The van der Waals surface area contributed by atoms with E-state index in [-0.39, 0.29) is 6.04 Å². The summed E-state index contributed by atoms with van der Waals surface area (Å²) >= 11 is 3.42. The molecule has 1 atom stereocenters. The largest absolute Gasteiger partial charge is 0.324 e. The summed E-state index contributed by atoms with van der Waals surface area (Å²) in [6.45, 7) is 0. The van der Waals surface area contributed by atoms with E-state index in [0.29, 0.717) is 0 Å². The highest BCUT2D eigenvalue weighted by molar-refractivity contribution is 7.17. The first-order chi connectivity index (χ1) is 8.33. The predicted molar refractivity (Wildman–Crippen MR) is 74.6 cm³/mol. The maximum absolute atomic E-state index is 6.22. The molecule has 3 aromatic heterocycles. The van der Waals surface area contributed by atoms with E-state index in [9.17, 15) is 0 Å². The number of hydrogen-bond donors (Lipinski definition) is 1. The fourth-order valence-corrected chi connectivity index (χ4v) is 3.32. The summed E-state index contributed by atoms with van der Waals surface area (Å²) in [5.74, 6) is 0. The van der Waals surface area contributed by atoms with Crippen LogP contribution in [0.1, 0.15) is 17.2 Å². The minimum atomic E-state index is 0.0311. The van der Waals surface area contributed by atoms with Crippen molar-refractivity contribution < 1.29 is 0 Å². The smallest absolute Gasteiger partial charge is 0.0809 e. The highest BCUT2D eigenvalue weighted by Crippen LogP contribution is 2.23. The topological polar surface area (TPSA) is 38.9 Å². The summed E-state index contributed by atoms with van der Waals surface area (Å²) < 4.78 is 1.21. The Kier molecular flexibility index (Phi) is 2.93. The monoisotopic (exact) mass is 260 g/mol. The highest BCUT2D eigenvalue weighted by Gasteiger charge is 2.09. The van der Waals surface area contributed by atoms with Crippen molar-refractivity contribution in [1.82, 2.24) is 4.98 Å². The Morgan fingerprint density at radius 2 is 2.24 bits per heavy atom. The maximum Gasteiger partial charge on any atom is 0.0809 e. The van der Waals surface area contributed by atoms with Gasteiger partial charge in [0.05, 0.1) is 10.2 Å². The van der Waals surface area contributed by atoms with Gasteiger partial charge >= 0.3 is 0 Å². The maximum atomic E-state index is 6.22. The van der Waals surface area contributed by atoms with Gasteiger partial charge in [0.25, 0.3) is 0 Å². The molecule has 2 nitrogen and oxygen atoms in total. The molecule has 3 aromatic rings. The van der Waals surface area contributed by atoms with Gasteiger partial charge in [0, 0.05) is 12.2 Å². The van der Waals surface area contributed by atoms with Gasteiger partial charge in [-0.2, -0.15) is 11.3 Å². The summed E-state index contributed by atoms with van der Waals surface area (Å²) in [7, 11) is 0. The molecule has 3 heterocycles. The number of hydrogen-bond acceptors (Lipinski definition) is 4. The second-order valence-electron chi connectivity index (χ2n) is 4.01. The highest BCUT2D eigenvalue weighted by atomic mass is 32.1. The lowest BCUT2D eigenvalue weighted by molar-refractivity contribution is 0.722. The van der Waals surface area contributed by atoms with Crippen molar-refractivity contribution in [1.29, 1.82) is 0 Å². The summed E-state index contributed by atoms with van der Waals surface area (Å²) in [5.41, 5.74) is 9.69. The van der Waals surface area contributed by atoms with Crippen molar-refractivity contribution in [2.24, 2.45) is 5.73 Å². The summed E-state index contributed by atoms with van der Waals surface area (Å²) in [6, 6.07) is 6.35. The second kappa shape index (κ2) is 4.56. The fourth-order valence-electron chi connectivity index (χ4n) is 1.84. The molecule has 0 amide bonds. The van der Waals surface area contributed by atoms with Crippen LogP contribution in [-0.2, 0) is 6.42 Å².